The van der Waals surface area contributed by atoms with Gasteiger partial charge in [-0.15, -0.1) is 13.2 Å². The lowest BCUT2D eigenvalue weighted by molar-refractivity contribution is -0.274. The molecule has 4 nitrogen and oxygen atoms in total. The Morgan fingerprint density at radius 1 is 1.35 bits per heavy atom. The van der Waals surface area contributed by atoms with Crippen molar-refractivity contribution in [1.29, 1.82) is 0 Å². The van der Waals surface area contributed by atoms with Crippen LogP contribution in [0.3, 0.4) is 0 Å². The van der Waals surface area contributed by atoms with E-state index in [1.54, 1.807) is 0 Å². The number of nitrogens with one attached hydrogen (secondary N) is 1. The van der Waals surface area contributed by atoms with E-state index in [1.165, 1.54) is 24.3 Å². The first-order valence-corrected chi connectivity index (χ1v) is 4.83. The van der Waals surface area contributed by atoms with Crippen molar-refractivity contribution < 1.29 is 17.9 Å². The first-order chi connectivity index (χ1) is 7.90. The Labute approximate surface area is 96.3 Å². The zero-order chi connectivity index (χ0) is 12.9. The second-order valence-electron chi connectivity index (χ2n) is 3.06. The Bertz CT molecular complexity index is 387. The van der Waals surface area contributed by atoms with Crippen molar-refractivity contribution in [2.45, 2.75) is 13.3 Å². The number of hydrogen-bond acceptors (Lipinski definition) is 2. The van der Waals surface area contributed by atoms with Crippen molar-refractivity contribution in [2.75, 3.05) is 11.9 Å². The molecule has 0 aliphatic carbocycles. The molecule has 0 amide bonds. The number of nitrogens with zero attached hydrogens (tertiary/aromatic N) is 1. The van der Waals surface area contributed by atoms with Gasteiger partial charge in [-0.2, -0.15) is 0 Å². The Balaban J connectivity index is 2.65. The van der Waals surface area contributed by atoms with Gasteiger partial charge in [0.25, 0.3) is 0 Å². The normalized spacial score (nSPS) is 12.4. The third-order valence-electron chi connectivity index (χ3n) is 1.69. The lowest BCUT2D eigenvalue weighted by atomic mass is 10.3. The zero-order valence-corrected chi connectivity index (χ0v) is 9.08. The van der Waals surface area contributed by atoms with Crippen LogP contribution in [0.1, 0.15) is 6.92 Å². The summed E-state index contributed by atoms with van der Waals surface area (Å²) in [5.74, 6) is -0.0777. The summed E-state index contributed by atoms with van der Waals surface area (Å²) in [5, 5.41) is 2.72. The van der Waals surface area contributed by atoms with Crippen LogP contribution in [0.2, 0.25) is 0 Å². The van der Waals surface area contributed by atoms with Crippen LogP contribution in [0.5, 0.6) is 5.75 Å². The number of anilines is 1. The van der Waals surface area contributed by atoms with Gasteiger partial charge in [0.05, 0.1) is 0 Å². The summed E-state index contributed by atoms with van der Waals surface area (Å²) in [5.41, 5.74) is 6.02. The Morgan fingerprint density at radius 3 is 2.41 bits per heavy atom. The van der Waals surface area contributed by atoms with Crippen molar-refractivity contribution in [3.63, 3.8) is 0 Å². The molecule has 0 heterocycles. The highest BCUT2D eigenvalue weighted by molar-refractivity contribution is 5.92. The zero-order valence-electron chi connectivity index (χ0n) is 9.08. The molecule has 0 saturated carbocycles. The number of benzene rings is 1. The minimum Gasteiger partial charge on any atom is -0.406 e. The van der Waals surface area contributed by atoms with E-state index in [9.17, 15) is 13.2 Å². The monoisotopic (exact) mass is 247 g/mol. The van der Waals surface area contributed by atoms with E-state index in [0.29, 0.717) is 12.2 Å². The van der Waals surface area contributed by atoms with Crippen LogP contribution >= 0.6 is 0 Å². The maximum absolute atomic E-state index is 11.9. The molecule has 0 aliphatic heterocycles. The molecular weight excluding hydrogens is 235 g/mol. The Kier molecular flexibility index (Phi) is 4.19. The highest BCUT2D eigenvalue weighted by Gasteiger charge is 2.30. The van der Waals surface area contributed by atoms with Gasteiger partial charge >= 0.3 is 6.36 Å². The molecule has 1 aromatic carbocycles. The molecular formula is C10H12F3N3O. The summed E-state index contributed by atoms with van der Waals surface area (Å²) in [6.07, 6.45) is -4.68. The van der Waals surface area contributed by atoms with Crippen molar-refractivity contribution >= 4 is 11.6 Å². The molecule has 0 bridgehead atoms. The molecule has 0 aliphatic rings. The van der Waals surface area contributed by atoms with Gasteiger partial charge in [0.1, 0.15) is 5.75 Å². The fraction of sp³-hybridized carbons (Fsp3) is 0.300. The van der Waals surface area contributed by atoms with Gasteiger partial charge < -0.3 is 15.8 Å². The second kappa shape index (κ2) is 5.42. The number of aliphatic imine (C=N–C) groups is 1. The van der Waals surface area contributed by atoms with E-state index in [2.05, 4.69) is 15.0 Å². The number of halogens is 3. The molecule has 0 unspecified atom stereocenters. The predicted molar refractivity (Wildman–Crippen MR) is 58.9 cm³/mol. The molecule has 1 aromatic rings. The molecule has 0 spiro atoms. The standard InChI is InChI=1S/C10H12F3N3O/c1-2-15-9(14)16-7-3-5-8(6-4-7)17-10(11,12)13/h3-6H,2H2,1H3,(H3,14,15,16). The highest BCUT2D eigenvalue weighted by Crippen LogP contribution is 2.23. The topological polar surface area (TPSA) is 59.6 Å². The summed E-state index contributed by atoms with van der Waals surface area (Å²) in [6, 6.07) is 5.21. The molecule has 0 saturated heterocycles. The molecule has 0 fully saturated rings. The van der Waals surface area contributed by atoms with Crippen molar-refractivity contribution in [3.05, 3.63) is 24.3 Å². The first-order valence-electron chi connectivity index (χ1n) is 4.83. The van der Waals surface area contributed by atoms with E-state index in [-0.39, 0.29) is 11.7 Å². The fourth-order valence-corrected chi connectivity index (χ4v) is 1.10. The SMILES string of the molecule is CCN=C(N)Nc1ccc(OC(F)(F)F)cc1. The predicted octanol–water partition coefficient (Wildman–Crippen LogP) is 2.33. The van der Waals surface area contributed by atoms with Gasteiger partial charge in [-0.3, -0.25) is 4.99 Å². The van der Waals surface area contributed by atoms with Gasteiger partial charge in [-0.25, -0.2) is 0 Å². The minimum atomic E-state index is -4.68. The molecule has 94 valence electrons. The highest BCUT2D eigenvalue weighted by atomic mass is 19.4. The van der Waals surface area contributed by atoms with Crippen LogP contribution in [0.4, 0.5) is 18.9 Å². The average molecular weight is 247 g/mol. The van der Waals surface area contributed by atoms with Crippen LogP contribution in [0, 0.1) is 0 Å². The van der Waals surface area contributed by atoms with Gasteiger partial charge in [0.2, 0.25) is 0 Å². The number of rotatable bonds is 3. The van der Waals surface area contributed by atoms with Gasteiger partial charge in [-0.05, 0) is 31.2 Å². The van der Waals surface area contributed by atoms with Crippen LogP contribution < -0.4 is 15.8 Å². The summed E-state index contributed by atoms with van der Waals surface area (Å²) < 4.78 is 39.3. The molecule has 0 atom stereocenters. The molecule has 3 N–H and O–H groups in total. The molecule has 1 rings (SSSR count). The van der Waals surface area contributed by atoms with Crippen molar-refractivity contribution in [3.8, 4) is 5.75 Å². The lowest BCUT2D eigenvalue weighted by Crippen LogP contribution is -2.22. The van der Waals surface area contributed by atoms with E-state index in [0.717, 1.165) is 0 Å². The Hall–Kier alpha value is -1.92. The fourth-order valence-electron chi connectivity index (χ4n) is 1.10. The number of nitrogens with two attached hydrogens (primary N) is 1. The van der Waals surface area contributed by atoms with Gasteiger partial charge in [0, 0.05) is 12.2 Å². The number of ether oxygens (including phenoxy) is 1. The number of guanidine groups is 1. The van der Waals surface area contributed by atoms with Crippen LogP contribution in [-0.2, 0) is 0 Å². The van der Waals surface area contributed by atoms with Crippen LogP contribution in [0.25, 0.3) is 0 Å². The van der Waals surface area contributed by atoms with E-state index in [1.807, 2.05) is 6.92 Å². The Morgan fingerprint density at radius 2 is 1.94 bits per heavy atom. The molecule has 0 radical (unpaired) electrons. The molecule has 7 heteroatoms. The molecule has 17 heavy (non-hydrogen) atoms. The molecule has 0 aromatic heterocycles. The summed E-state index contributed by atoms with van der Waals surface area (Å²) >= 11 is 0. The summed E-state index contributed by atoms with van der Waals surface area (Å²) in [7, 11) is 0. The number of hydrogen-bond donors (Lipinski definition) is 2. The van der Waals surface area contributed by atoms with E-state index >= 15 is 0 Å². The van der Waals surface area contributed by atoms with Gasteiger partial charge in [0.15, 0.2) is 5.96 Å². The third-order valence-corrected chi connectivity index (χ3v) is 1.69. The maximum Gasteiger partial charge on any atom is 0.573 e. The van der Waals surface area contributed by atoms with Crippen molar-refractivity contribution in [2.24, 2.45) is 10.7 Å². The average Bonchev–Trinajstić information content (AvgIpc) is 2.19. The number of alkyl halides is 3. The van der Waals surface area contributed by atoms with E-state index < -0.39 is 6.36 Å². The van der Waals surface area contributed by atoms with E-state index in [4.69, 9.17) is 5.73 Å². The maximum atomic E-state index is 11.9. The summed E-state index contributed by atoms with van der Waals surface area (Å²) in [4.78, 5) is 3.87. The van der Waals surface area contributed by atoms with Crippen LogP contribution in [0.15, 0.2) is 29.3 Å². The third kappa shape index (κ3) is 5.10. The lowest BCUT2D eigenvalue weighted by Gasteiger charge is -2.10. The van der Waals surface area contributed by atoms with Crippen LogP contribution in [-0.4, -0.2) is 18.9 Å². The smallest absolute Gasteiger partial charge is 0.406 e. The minimum absolute atomic E-state index is 0.206. The van der Waals surface area contributed by atoms with Crippen molar-refractivity contribution in [1.82, 2.24) is 0 Å². The summed E-state index contributed by atoms with van der Waals surface area (Å²) in [6.45, 7) is 2.34. The largest absolute Gasteiger partial charge is 0.573 e. The first kappa shape index (κ1) is 13.1. The second-order valence-corrected chi connectivity index (χ2v) is 3.06. The van der Waals surface area contributed by atoms with Gasteiger partial charge in [-0.1, -0.05) is 0 Å². The quantitative estimate of drug-likeness (QED) is 0.636.